The van der Waals surface area contributed by atoms with Crippen LogP contribution >= 0.6 is 11.3 Å². The largest absolute Gasteiger partial charge is 0.293 e. The van der Waals surface area contributed by atoms with Crippen molar-refractivity contribution in [3.8, 4) is 0 Å². The van der Waals surface area contributed by atoms with Crippen LogP contribution in [0.5, 0.6) is 0 Å². The topological polar surface area (TPSA) is 34.1 Å². The summed E-state index contributed by atoms with van der Waals surface area (Å²) in [5, 5.41) is 0. The summed E-state index contributed by atoms with van der Waals surface area (Å²) in [7, 11) is -1.11. The molecule has 1 rings (SSSR count). The lowest BCUT2D eigenvalue weighted by molar-refractivity contribution is 0.102. The SMILES string of the molecule is Cc1cc(C(=O)CS(=O)C(C)(C)C)c(C)s1. The molecular formula is C12H18O2S2. The van der Waals surface area contributed by atoms with Crippen molar-refractivity contribution in [1.29, 1.82) is 0 Å². The maximum Gasteiger partial charge on any atom is 0.176 e. The lowest BCUT2D eigenvalue weighted by Crippen LogP contribution is -2.27. The first-order valence-electron chi connectivity index (χ1n) is 5.20. The summed E-state index contributed by atoms with van der Waals surface area (Å²) in [6, 6.07) is 1.89. The van der Waals surface area contributed by atoms with Crippen LogP contribution in [0.3, 0.4) is 0 Å². The minimum Gasteiger partial charge on any atom is -0.293 e. The predicted octanol–water partition coefficient (Wildman–Crippen LogP) is 3.09. The number of aryl methyl sites for hydroxylation is 2. The molecule has 0 saturated heterocycles. The Balaban J connectivity index is 2.81. The van der Waals surface area contributed by atoms with E-state index in [0.717, 1.165) is 15.3 Å². The Morgan fingerprint density at radius 3 is 2.31 bits per heavy atom. The monoisotopic (exact) mass is 258 g/mol. The molecule has 0 aliphatic carbocycles. The van der Waals surface area contributed by atoms with Crippen LogP contribution in [0, 0.1) is 13.8 Å². The van der Waals surface area contributed by atoms with E-state index in [9.17, 15) is 9.00 Å². The van der Waals surface area contributed by atoms with Crippen molar-refractivity contribution < 1.29 is 9.00 Å². The normalized spacial score (nSPS) is 13.8. The Hall–Kier alpha value is -0.480. The van der Waals surface area contributed by atoms with Gasteiger partial charge in [0.25, 0.3) is 0 Å². The first kappa shape index (κ1) is 13.6. The molecule has 1 aromatic rings. The van der Waals surface area contributed by atoms with Crippen LogP contribution in [0.2, 0.25) is 0 Å². The lowest BCUT2D eigenvalue weighted by atomic mass is 10.2. The second-order valence-electron chi connectivity index (χ2n) is 4.85. The van der Waals surface area contributed by atoms with E-state index in [-0.39, 0.29) is 16.3 Å². The number of carbonyl (C=O) groups is 1. The molecule has 0 N–H and O–H groups in total. The van der Waals surface area contributed by atoms with Gasteiger partial charge in [-0.05, 0) is 40.7 Å². The quantitative estimate of drug-likeness (QED) is 0.781. The van der Waals surface area contributed by atoms with E-state index >= 15 is 0 Å². The highest BCUT2D eigenvalue weighted by atomic mass is 32.2. The smallest absolute Gasteiger partial charge is 0.176 e. The zero-order valence-corrected chi connectivity index (χ0v) is 12.1. The third-order valence-electron chi connectivity index (χ3n) is 2.29. The molecule has 0 aliphatic rings. The van der Waals surface area contributed by atoms with Crippen LogP contribution in [0.25, 0.3) is 0 Å². The fraction of sp³-hybridized carbons (Fsp3) is 0.583. The molecule has 90 valence electrons. The predicted molar refractivity (Wildman–Crippen MR) is 70.9 cm³/mol. The van der Waals surface area contributed by atoms with Gasteiger partial charge < -0.3 is 0 Å². The summed E-state index contributed by atoms with van der Waals surface area (Å²) < 4.78 is 11.5. The maximum atomic E-state index is 11.9. The van der Waals surface area contributed by atoms with Crippen molar-refractivity contribution in [3.63, 3.8) is 0 Å². The molecule has 0 aliphatic heterocycles. The van der Waals surface area contributed by atoms with Crippen LogP contribution in [-0.2, 0) is 10.8 Å². The van der Waals surface area contributed by atoms with Gasteiger partial charge in [0, 0.05) is 30.9 Å². The fourth-order valence-electron chi connectivity index (χ4n) is 1.32. The molecule has 1 aromatic heterocycles. The molecule has 0 aromatic carbocycles. The summed E-state index contributed by atoms with van der Waals surface area (Å²) in [5.41, 5.74) is 0.736. The van der Waals surface area contributed by atoms with E-state index in [1.54, 1.807) is 11.3 Å². The summed E-state index contributed by atoms with van der Waals surface area (Å²) in [6.45, 7) is 9.59. The minimum absolute atomic E-state index is 0.00453. The van der Waals surface area contributed by atoms with E-state index in [1.807, 2.05) is 40.7 Å². The molecule has 0 bridgehead atoms. The number of hydrogen-bond donors (Lipinski definition) is 0. The summed E-state index contributed by atoms with van der Waals surface area (Å²) in [5.74, 6) is 0.121. The van der Waals surface area contributed by atoms with Gasteiger partial charge in [0.05, 0.1) is 5.75 Å². The second kappa shape index (κ2) is 4.80. The van der Waals surface area contributed by atoms with E-state index in [4.69, 9.17) is 0 Å². The summed E-state index contributed by atoms with van der Waals surface area (Å²) >= 11 is 1.61. The van der Waals surface area contributed by atoms with Gasteiger partial charge in [0.15, 0.2) is 5.78 Å². The van der Waals surface area contributed by atoms with Crippen LogP contribution in [0.1, 0.15) is 40.9 Å². The summed E-state index contributed by atoms with van der Waals surface area (Å²) in [4.78, 5) is 14.1. The van der Waals surface area contributed by atoms with Gasteiger partial charge >= 0.3 is 0 Å². The Labute approximate surface area is 104 Å². The molecule has 0 spiro atoms. The summed E-state index contributed by atoms with van der Waals surface area (Å²) in [6.07, 6.45) is 0. The van der Waals surface area contributed by atoms with Crippen LogP contribution in [0.4, 0.5) is 0 Å². The lowest BCUT2D eigenvalue weighted by Gasteiger charge is -2.16. The minimum atomic E-state index is -1.11. The second-order valence-corrected chi connectivity index (χ2v) is 8.52. The molecular weight excluding hydrogens is 240 g/mol. The molecule has 2 nitrogen and oxygen atoms in total. The van der Waals surface area contributed by atoms with Crippen molar-refractivity contribution in [2.75, 3.05) is 5.75 Å². The van der Waals surface area contributed by atoms with Crippen LogP contribution in [0.15, 0.2) is 6.07 Å². The van der Waals surface area contributed by atoms with Crippen molar-refractivity contribution in [3.05, 3.63) is 21.4 Å². The van der Waals surface area contributed by atoms with Crippen LogP contribution in [-0.4, -0.2) is 20.5 Å². The molecule has 1 heterocycles. The van der Waals surface area contributed by atoms with Gasteiger partial charge in [-0.3, -0.25) is 9.00 Å². The van der Waals surface area contributed by atoms with Gasteiger partial charge in [-0.1, -0.05) is 0 Å². The molecule has 1 unspecified atom stereocenters. The van der Waals surface area contributed by atoms with Gasteiger partial charge in [-0.25, -0.2) is 0 Å². The van der Waals surface area contributed by atoms with Gasteiger partial charge in [-0.2, -0.15) is 0 Å². The molecule has 4 heteroatoms. The van der Waals surface area contributed by atoms with Gasteiger partial charge in [-0.15, -0.1) is 11.3 Å². The van der Waals surface area contributed by atoms with Gasteiger partial charge in [0.1, 0.15) is 0 Å². The highest BCUT2D eigenvalue weighted by Crippen LogP contribution is 2.22. The number of hydrogen-bond acceptors (Lipinski definition) is 3. The van der Waals surface area contributed by atoms with Crippen molar-refractivity contribution >= 4 is 27.9 Å². The number of carbonyl (C=O) groups excluding carboxylic acids is 1. The zero-order valence-electron chi connectivity index (χ0n) is 10.4. The van der Waals surface area contributed by atoms with Crippen LogP contribution < -0.4 is 0 Å². The Morgan fingerprint density at radius 2 is 1.94 bits per heavy atom. The van der Waals surface area contributed by atoms with E-state index < -0.39 is 10.8 Å². The third kappa shape index (κ3) is 3.25. The van der Waals surface area contributed by atoms with E-state index in [0.29, 0.717) is 0 Å². The Kier molecular flexibility index (Phi) is 4.07. The average molecular weight is 258 g/mol. The molecule has 0 amide bonds. The molecule has 0 saturated carbocycles. The number of Topliss-reactive ketones (excluding diaryl/α,β-unsaturated/α-hetero) is 1. The zero-order chi connectivity index (χ0) is 12.5. The highest BCUT2D eigenvalue weighted by Gasteiger charge is 2.23. The standard InChI is InChI=1S/C12H18O2S2/c1-8-6-10(9(2)15-8)11(13)7-16(14)12(3,4)5/h6H,7H2,1-5H3. The van der Waals surface area contributed by atoms with E-state index in [1.165, 1.54) is 0 Å². The van der Waals surface area contributed by atoms with Gasteiger partial charge in [0.2, 0.25) is 0 Å². The first-order valence-corrected chi connectivity index (χ1v) is 7.34. The molecule has 1 atom stereocenters. The van der Waals surface area contributed by atoms with Crippen molar-refractivity contribution in [2.45, 2.75) is 39.4 Å². The number of thiophene rings is 1. The molecule has 0 radical (unpaired) electrons. The Morgan fingerprint density at radius 1 is 1.38 bits per heavy atom. The third-order valence-corrected chi connectivity index (χ3v) is 5.14. The van der Waals surface area contributed by atoms with E-state index in [2.05, 4.69) is 0 Å². The molecule has 0 fully saturated rings. The Bertz CT molecular complexity index is 425. The average Bonchev–Trinajstić information content (AvgIpc) is 2.43. The fourth-order valence-corrected chi connectivity index (χ4v) is 3.09. The number of ketones is 1. The van der Waals surface area contributed by atoms with Crippen molar-refractivity contribution in [2.24, 2.45) is 0 Å². The first-order chi connectivity index (χ1) is 7.21. The maximum absolute atomic E-state index is 11.9. The number of rotatable bonds is 3. The highest BCUT2D eigenvalue weighted by molar-refractivity contribution is 7.87. The molecule has 16 heavy (non-hydrogen) atoms. The van der Waals surface area contributed by atoms with Crippen molar-refractivity contribution in [1.82, 2.24) is 0 Å².